The second-order valence-corrected chi connectivity index (χ2v) is 9.24. The van der Waals surface area contributed by atoms with Gasteiger partial charge < -0.3 is 9.88 Å². The van der Waals surface area contributed by atoms with Crippen molar-refractivity contribution in [2.45, 2.75) is 31.7 Å². The monoisotopic (exact) mass is 536 g/mol. The van der Waals surface area contributed by atoms with E-state index in [1.807, 2.05) is 6.07 Å². The Hall–Kier alpha value is -3.98. The predicted molar refractivity (Wildman–Crippen MR) is 132 cm³/mol. The van der Waals surface area contributed by atoms with Gasteiger partial charge in [0.1, 0.15) is 5.52 Å². The molecule has 1 aliphatic heterocycles. The summed E-state index contributed by atoms with van der Waals surface area (Å²) in [5, 5.41) is 11.2. The normalized spacial score (nSPS) is 14.3. The highest BCUT2D eigenvalue weighted by Gasteiger charge is 2.26. The SMILES string of the molecule is N#CNc1nc2c(Br)cc(C(=O)CCC(=O)N3CCC(n4c(=O)[nH]c5ncccc54)CC3)cc2[nH]1. The third-order valence-corrected chi connectivity index (χ3v) is 6.88. The number of nitriles is 1. The fourth-order valence-electron chi connectivity index (χ4n) is 4.57. The lowest BCUT2D eigenvalue weighted by Gasteiger charge is -2.32. The minimum absolute atomic E-state index is 0.00923. The van der Waals surface area contributed by atoms with Gasteiger partial charge in [0.15, 0.2) is 17.6 Å². The van der Waals surface area contributed by atoms with Gasteiger partial charge in [0.25, 0.3) is 0 Å². The van der Waals surface area contributed by atoms with Gasteiger partial charge in [-0.05, 0) is 53.0 Å². The maximum Gasteiger partial charge on any atom is 0.327 e. The fourth-order valence-corrected chi connectivity index (χ4v) is 5.11. The van der Waals surface area contributed by atoms with Crippen LogP contribution in [-0.2, 0) is 4.79 Å². The Balaban J connectivity index is 1.20. The Morgan fingerprint density at radius 3 is 2.80 bits per heavy atom. The first-order valence-corrected chi connectivity index (χ1v) is 11.9. The lowest BCUT2D eigenvalue weighted by molar-refractivity contribution is -0.132. The first kappa shape index (κ1) is 22.8. The van der Waals surface area contributed by atoms with E-state index in [1.165, 1.54) is 0 Å². The Kier molecular flexibility index (Phi) is 6.08. The van der Waals surface area contributed by atoms with Crippen molar-refractivity contribution in [3.05, 3.63) is 51.0 Å². The molecule has 1 saturated heterocycles. The zero-order valence-electron chi connectivity index (χ0n) is 18.5. The van der Waals surface area contributed by atoms with Crippen LogP contribution in [0.15, 0.2) is 39.7 Å². The number of aromatic amines is 2. The van der Waals surface area contributed by atoms with E-state index in [-0.39, 0.29) is 42.2 Å². The van der Waals surface area contributed by atoms with E-state index in [9.17, 15) is 14.4 Å². The van der Waals surface area contributed by atoms with Gasteiger partial charge >= 0.3 is 5.69 Å². The van der Waals surface area contributed by atoms with E-state index in [4.69, 9.17) is 5.26 Å². The summed E-state index contributed by atoms with van der Waals surface area (Å²) in [5.74, 6) is 0.0579. The molecule has 0 unspecified atom stereocenters. The molecule has 1 amide bonds. The van der Waals surface area contributed by atoms with Crippen molar-refractivity contribution in [1.82, 2.24) is 29.4 Å². The molecule has 3 aromatic heterocycles. The smallest absolute Gasteiger partial charge is 0.327 e. The number of piperidine rings is 1. The van der Waals surface area contributed by atoms with Crippen LogP contribution in [0.1, 0.15) is 42.1 Å². The van der Waals surface area contributed by atoms with Crippen LogP contribution in [0.25, 0.3) is 22.2 Å². The van der Waals surface area contributed by atoms with E-state index in [1.54, 1.807) is 40.1 Å². The number of carbonyl (C=O) groups is 2. The van der Waals surface area contributed by atoms with Crippen molar-refractivity contribution in [2.24, 2.45) is 0 Å². The van der Waals surface area contributed by atoms with Gasteiger partial charge in [-0.15, -0.1) is 0 Å². The Morgan fingerprint density at radius 2 is 2.03 bits per heavy atom. The summed E-state index contributed by atoms with van der Waals surface area (Å²) in [5.41, 5.74) is 2.80. The molecule has 5 rings (SSSR count). The molecular weight excluding hydrogens is 516 g/mol. The number of H-pyrrole nitrogens is 2. The summed E-state index contributed by atoms with van der Waals surface area (Å²) in [7, 11) is 0. The fraction of sp³-hybridized carbons (Fsp3) is 0.304. The third kappa shape index (κ3) is 4.42. The molecule has 4 aromatic rings. The Morgan fingerprint density at radius 1 is 1.23 bits per heavy atom. The number of imidazole rings is 2. The average Bonchev–Trinajstić information content (AvgIpc) is 3.42. The van der Waals surface area contributed by atoms with Gasteiger partial charge in [-0.1, -0.05) is 0 Å². The van der Waals surface area contributed by atoms with Crippen molar-refractivity contribution >= 4 is 55.8 Å². The Bertz CT molecular complexity index is 1540. The molecule has 0 aliphatic carbocycles. The van der Waals surface area contributed by atoms with Crippen LogP contribution in [-0.4, -0.2) is 54.2 Å². The maximum absolute atomic E-state index is 12.8. The van der Waals surface area contributed by atoms with Crippen molar-refractivity contribution < 1.29 is 9.59 Å². The first-order valence-electron chi connectivity index (χ1n) is 11.1. The molecule has 12 heteroatoms. The van der Waals surface area contributed by atoms with E-state index in [2.05, 4.69) is 41.2 Å². The number of rotatable bonds is 6. The van der Waals surface area contributed by atoms with Gasteiger partial charge in [-0.25, -0.2) is 14.8 Å². The molecule has 0 atom stereocenters. The number of anilines is 1. The molecule has 3 N–H and O–H groups in total. The van der Waals surface area contributed by atoms with Crippen LogP contribution in [0.2, 0.25) is 0 Å². The van der Waals surface area contributed by atoms with E-state index >= 15 is 0 Å². The molecule has 1 fully saturated rings. The number of Topliss-reactive ketones (excluding diaryl/α,β-unsaturated/α-hetero) is 1. The highest BCUT2D eigenvalue weighted by atomic mass is 79.9. The number of hydrogen-bond donors (Lipinski definition) is 3. The number of ketones is 1. The van der Waals surface area contributed by atoms with Crippen LogP contribution >= 0.6 is 15.9 Å². The molecule has 4 heterocycles. The summed E-state index contributed by atoms with van der Waals surface area (Å²) in [4.78, 5) is 53.9. The number of aromatic nitrogens is 5. The summed E-state index contributed by atoms with van der Waals surface area (Å²) < 4.78 is 2.35. The highest BCUT2D eigenvalue weighted by Crippen LogP contribution is 2.27. The summed E-state index contributed by atoms with van der Waals surface area (Å²) >= 11 is 3.41. The van der Waals surface area contributed by atoms with Crippen LogP contribution in [0.5, 0.6) is 0 Å². The first-order chi connectivity index (χ1) is 16.9. The van der Waals surface area contributed by atoms with E-state index in [0.717, 1.165) is 5.52 Å². The van der Waals surface area contributed by atoms with Gasteiger partial charge in [0.05, 0.1) is 11.0 Å². The summed E-state index contributed by atoms with van der Waals surface area (Å²) in [6.45, 7) is 1.05. The maximum atomic E-state index is 12.8. The lowest BCUT2D eigenvalue weighted by Crippen LogP contribution is -2.40. The highest BCUT2D eigenvalue weighted by molar-refractivity contribution is 9.10. The second kappa shape index (κ2) is 9.34. The number of nitrogens with one attached hydrogen (secondary N) is 3. The number of likely N-dealkylation sites (tertiary alicyclic amines) is 1. The Labute approximate surface area is 207 Å². The minimum atomic E-state index is -0.190. The average molecular weight is 537 g/mol. The summed E-state index contributed by atoms with van der Waals surface area (Å²) in [6, 6.07) is 6.99. The molecule has 0 spiro atoms. The van der Waals surface area contributed by atoms with Gasteiger partial charge in [-0.2, -0.15) is 5.26 Å². The largest absolute Gasteiger partial charge is 0.343 e. The summed E-state index contributed by atoms with van der Waals surface area (Å²) in [6.07, 6.45) is 4.95. The number of benzene rings is 1. The van der Waals surface area contributed by atoms with Gasteiger partial charge in [0, 0.05) is 48.2 Å². The lowest BCUT2D eigenvalue weighted by atomic mass is 10.0. The molecule has 0 radical (unpaired) electrons. The van der Waals surface area contributed by atoms with Crippen LogP contribution in [0, 0.1) is 11.5 Å². The number of pyridine rings is 1. The van der Waals surface area contributed by atoms with Gasteiger partial charge in [-0.3, -0.25) is 24.5 Å². The predicted octanol–water partition coefficient (Wildman–Crippen LogP) is 3.08. The quantitative estimate of drug-likeness (QED) is 0.194. The number of halogens is 1. The third-order valence-electron chi connectivity index (χ3n) is 6.27. The molecule has 11 nitrogen and oxygen atoms in total. The molecule has 0 bridgehead atoms. The van der Waals surface area contributed by atoms with Gasteiger partial charge in [0.2, 0.25) is 11.9 Å². The standard InChI is InChI=1S/C23H21BrN8O3/c24-15-10-13(11-16-20(15)29-22(28-16)27-12-25)18(33)3-4-19(34)31-8-5-14(6-9-31)32-17-2-1-7-26-21(17)30-23(32)35/h1-2,7,10-11,14H,3-6,8-9H2,(H,26,30,35)(H2,27,28,29). The van der Waals surface area contributed by atoms with Crippen molar-refractivity contribution in [3.63, 3.8) is 0 Å². The van der Waals surface area contributed by atoms with Crippen molar-refractivity contribution in [2.75, 3.05) is 18.4 Å². The minimum Gasteiger partial charge on any atom is -0.343 e. The zero-order valence-corrected chi connectivity index (χ0v) is 20.1. The number of hydrogen-bond acceptors (Lipinski definition) is 7. The van der Waals surface area contributed by atoms with E-state index in [0.29, 0.717) is 52.6 Å². The molecule has 178 valence electrons. The number of nitrogens with zero attached hydrogens (tertiary/aromatic N) is 5. The molecule has 1 aliphatic rings. The topological polar surface area (TPSA) is 153 Å². The zero-order chi connectivity index (χ0) is 24.5. The van der Waals surface area contributed by atoms with Crippen molar-refractivity contribution in [3.8, 4) is 6.19 Å². The van der Waals surface area contributed by atoms with Crippen LogP contribution < -0.4 is 11.0 Å². The molecular formula is C23H21BrN8O3. The number of amides is 1. The van der Waals surface area contributed by atoms with Crippen LogP contribution in [0.3, 0.4) is 0 Å². The number of carbonyl (C=O) groups excluding carboxylic acids is 2. The molecule has 0 saturated carbocycles. The van der Waals surface area contributed by atoms with E-state index < -0.39 is 0 Å². The van der Waals surface area contributed by atoms with Crippen LogP contribution in [0.4, 0.5) is 5.95 Å². The molecule has 35 heavy (non-hydrogen) atoms. The second-order valence-electron chi connectivity index (χ2n) is 8.38. The number of fused-ring (bicyclic) bond motifs is 2. The molecule has 1 aromatic carbocycles. The van der Waals surface area contributed by atoms with Crippen molar-refractivity contribution in [1.29, 1.82) is 5.26 Å².